The number of nitrogens with one attached hydrogen (secondary N) is 1. The lowest BCUT2D eigenvalue weighted by Crippen LogP contribution is -2.34. The molecule has 0 radical (unpaired) electrons. The van der Waals surface area contributed by atoms with E-state index < -0.39 is 18.1 Å². The third kappa shape index (κ3) is 3.41. The first kappa shape index (κ1) is 18.6. The zero-order valence-corrected chi connectivity index (χ0v) is 16.5. The van der Waals surface area contributed by atoms with Gasteiger partial charge in [-0.2, -0.15) is 0 Å². The highest BCUT2D eigenvalue weighted by molar-refractivity contribution is 7.07. The van der Waals surface area contributed by atoms with Crippen LogP contribution < -0.4 is 10.9 Å². The van der Waals surface area contributed by atoms with E-state index in [1.54, 1.807) is 10.9 Å². The molecule has 0 fully saturated rings. The highest BCUT2D eigenvalue weighted by atomic mass is 35.5. The van der Waals surface area contributed by atoms with Gasteiger partial charge in [-0.05, 0) is 24.1 Å². The average Bonchev–Trinajstić information content (AvgIpc) is 3.19. The summed E-state index contributed by atoms with van der Waals surface area (Å²) in [5, 5.41) is 15.0. The Morgan fingerprint density at radius 1 is 1.39 bits per heavy atom. The van der Waals surface area contributed by atoms with Gasteiger partial charge < -0.3 is 10.4 Å². The average molecular weight is 417 g/mol. The molecule has 3 heterocycles. The highest BCUT2D eigenvalue weighted by Crippen LogP contribution is 2.38. The number of aliphatic carboxylic acids is 1. The number of aromatic nitrogens is 3. The van der Waals surface area contributed by atoms with E-state index in [1.807, 2.05) is 31.2 Å². The lowest BCUT2D eigenvalue weighted by molar-refractivity contribution is -0.137. The molecule has 0 aliphatic carbocycles. The van der Waals surface area contributed by atoms with Crippen LogP contribution in [0.4, 0.5) is 5.69 Å². The molecule has 144 valence electrons. The van der Waals surface area contributed by atoms with Crippen molar-refractivity contribution in [3.05, 3.63) is 61.8 Å². The molecule has 0 amide bonds. The third-order valence-corrected chi connectivity index (χ3v) is 5.64. The Morgan fingerprint density at radius 3 is 2.79 bits per heavy atom. The molecule has 1 aliphatic heterocycles. The molecule has 1 aliphatic rings. The fraction of sp³-hybridized carbons (Fsp3) is 0.263. The fourth-order valence-electron chi connectivity index (χ4n) is 3.48. The zero-order valence-electron chi connectivity index (χ0n) is 14.9. The molecule has 0 bridgehead atoms. The van der Waals surface area contributed by atoms with Crippen molar-refractivity contribution in [3.8, 4) is 11.5 Å². The Hall–Kier alpha value is -2.71. The van der Waals surface area contributed by atoms with Crippen LogP contribution in [0, 0.1) is 0 Å². The molecule has 2 N–H and O–H groups in total. The van der Waals surface area contributed by atoms with Crippen molar-refractivity contribution in [1.82, 2.24) is 14.5 Å². The number of nitrogens with zero attached hydrogens (tertiary/aromatic N) is 3. The number of carboxylic acids is 1. The number of carboxylic acid groups (broad SMARTS) is 1. The second-order valence-corrected chi connectivity index (χ2v) is 7.89. The summed E-state index contributed by atoms with van der Waals surface area (Å²) in [6.45, 7) is 1.54. The summed E-state index contributed by atoms with van der Waals surface area (Å²) in [7, 11) is 0. The number of halogens is 1. The van der Waals surface area contributed by atoms with Crippen LogP contribution in [0.25, 0.3) is 11.5 Å². The first-order chi connectivity index (χ1) is 13.4. The molecular weight excluding hydrogens is 400 g/mol. The predicted octanol–water partition coefficient (Wildman–Crippen LogP) is 3.77. The second kappa shape index (κ2) is 7.37. The number of thiazole rings is 1. The predicted molar refractivity (Wildman–Crippen MR) is 108 cm³/mol. The Kier molecular flexibility index (Phi) is 4.91. The minimum Gasteiger partial charge on any atom is -0.480 e. The van der Waals surface area contributed by atoms with Crippen LogP contribution in [0.2, 0.25) is 5.02 Å². The maximum Gasteiger partial charge on any atom is 0.323 e. The van der Waals surface area contributed by atoms with E-state index >= 15 is 0 Å². The van der Waals surface area contributed by atoms with Gasteiger partial charge in [0.2, 0.25) is 0 Å². The first-order valence-corrected chi connectivity index (χ1v) is 10.0. The Morgan fingerprint density at radius 2 is 2.14 bits per heavy atom. The van der Waals surface area contributed by atoms with E-state index in [2.05, 4.69) is 15.3 Å². The topological polar surface area (TPSA) is 97.1 Å². The second-order valence-electron chi connectivity index (χ2n) is 6.74. The number of hydrogen-bond donors (Lipinski definition) is 2. The van der Waals surface area contributed by atoms with Gasteiger partial charge in [0, 0.05) is 16.3 Å². The molecule has 0 unspecified atom stereocenters. The summed E-state index contributed by atoms with van der Waals surface area (Å²) >= 11 is 7.34. The van der Waals surface area contributed by atoms with Gasteiger partial charge in [0.15, 0.2) is 5.82 Å². The van der Waals surface area contributed by atoms with Gasteiger partial charge in [0.05, 0.1) is 17.2 Å². The van der Waals surface area contributed by atoms with Crippen molar-refractivity contribution >= 4 is 34.6 Å². The smallest absolute Gasteiger partial charge is 0.323 e. The molecule has 3 aromatic rings. The number of rotatable bonds is 4. The van der Waals surface area contributed by atoms with Crippen LogP contribution in [0.5, 0.6) is 0 Å². The number of hydrogen-bond acceptors (Lipinski definition) is 6. The van der Waals surface area contributed by atoms with Crippen molar-refractivity contribution in [2.75, 3.05) is 5.32 Å². The molecule has 0 spiro atoms. The van der Waals surface area contributed by atoms with E-state index in [-0.39, 0.29) is 17.8 Å². The van der Waals surface area contributed by atoms with E-state index in [9.17, 15) is 14.7 Å². The van der Waals surface area contributed by atoms with Crippen LogP contribution in [-0.4, -0.2) is 25.6 Å². The van der Waals surface area contributed by atoms with Crippen molar-refractivity contribution in [2.45, 2.75) is 31.8 Å². The largest absolute Gasteiger partial charge is 0.480 e. The quantitative estimate of drug-likeness (QED) is 0.672. The molecule has 0 saturated heterocycles. The monoisotopic (exact) mass is 416 g/mol. The van der Waals surface area contributed by atoms with E-state index in [1.165, 1.54) is 15.9 Å². The van der Waals surface area contributed by atoms with Gasteiger partial charge in [0.25, 0.3) is 5.56 Å². The van der Waals surface area contributed by atoms with Gasteiger partial charge in [-0.3, -0.25) is 14.2 Å². The zero-order chi connectivity index (χ0) is 19.8. The molecule has 1 aromatic carbocycles. The lowest BCUT2D eigenvalue weighted by atomic mass is 9.89. The fourth-order valence-corrected chi connectivity index (χ4v) is 4.13. The molecule has 2 atom stereocenters. The maximum absolute atomic E-state index is 13.2. The van der Waals surface area contributed by atoms with Crippen molar-refractivity contribution < 1.29 is 9.90 Å². The lowest BCUT2D eigenvalue weighted by Gasteiger charge is -2.31. The van der Waals surface area contributed by atoms with Crippen LogP contribution in [0.15, 0.2) is 40.0 Å². The highest BCUT2D eigenvalue weighted by Gasteiger charge is 2.31. The van der Waals surface area contributed by atoms with Gasteiger partial charge in [-0.25, -0.2) is 9.97 Å². The third-order valence-electron chi connectivity index (χ3n) is 4.80. The van der Waals surface area contributed by atoms with Gasteiger partial charge in [-0.15, -0.1) is 11.3 Å². The first-order valence-electron chi connectivity index (χ1n) is 8.71. The summed E-state index contributed by atoms with van der Waals surface area (Å²) < 4.78 is 1.17. The molecule has 4 rings (SSSR count). The minimum absolute atomic E-state index is 0.0153. The molecule has 9 heteroatoms. The van der Waals surface area contributed by atoms with E-state index in [0.717, 1.165) is 12.0 Å². The van der Waals surface area contributed by atoms with Gasteiger partial charge in [0.1, 0.15) is 17.9 Å². The van der Waals surface area contributed by atoms with Crippen LogP contribution in [0.3, 0.4) is 0 Å². The summed E-state index contributed by atoms with van der Waals surface area (Å²) in [6.07, 6.45) is 0.751. The molecule has 0 saturated carbocycles. The standard InChI is InChI=1S/C19H17ClN4O3S/c1-10-6-13(11-2-4-12(20)5-3-11)22-17-16(10)23-18(14-8-28-9-21-14)24(19(17)27)7-15(25)26/h2-5,8-10,13,22H,6-7H2,1H3,(H,25,26)/t10-,13-/m0/s1. The van der Waals surface area contributed by atoms with Gasteiger partial charge >= 0.3 is 5.97 Å². The van der Waals surface area contributed by atoms with Crippen LogP contribution >= 0.6 is 22.9 Å². The molecular formula is C19H17ClN4O3S. The van der Waals surface area contributed by atoms with Gasteiger partial charge in [-0.1, -0.05) is 30.7 Å². The Bertz CT molecular complexity index is 1080. The van der Waals surface area contributed by atoms with Crippen molar-refractivity contribution in [3.63, 3.8) is 0 Å². The number of benzene rings is 1. The number of anilines is 1. The van der Waals surface area contributed by atoms with Crippen LogP contribution in [0.1, 0.15) is 36.6 Å². The summed E-state index contributed by atoms with van der Waals surface area (Å²) in [4.78, 5) is 33.4. The number of fused-ring (bicyclic) bond motifs is 1. The SMILES string of the molecule is C[C@H]1C[C@@H](c2ccc(Cl)cc2)Nc2c1nc(-c1cscn1)n(CC(=O)O)c2=O. The summed E-state index contributed by atoms with van der Waals surface area (Å²) in [5.74, 6) is -0.814. The Labute approximate surface area is 169 Å². The summed E-state index contributed by atoms with van der Waals surface area (Å²) in [6, 6.07) is 7.38. The van der Waals surface area contributed by atoms with E-state index in [0.29, 0.717) is 22.1 Å². The molecule has 2 aromatic heterocycles. The summed E-state index contributed by atoms with van der Waals surface area (Å²) in [5.41, 5.74) is 3.72. The molecule has 28 heavy (non-hydrogen) atoms. The van der Waals surface area contributed by atoms with Crippen molar-refractivity contribution in [2.24, 2.45) is 0 Å². The van der Waals surface area contributed by atoms with Crippen LogP contribution in [-0.2, 0) is 11.3 Å². The van der Waals surface area contributed by atoms with E-state index in [4.69, 9.17) is 11.6 Å². The maximum atomic E-state index is 13.2. The normalized spacial score (nSPS) is 18.4. The Balaban J connectivity index is 1.83. The minimum atomic E-state index is -1.11. The molecule has 7 nitrogen and oxygen atoms in total. The van der Waals surface area contributed by atoms with Crippen molar-refractivity contribution in [1.29, 1.82) is 0 Å². The number of carbonyl (C=O) groups is 1.